The minimum Gasteiger partial charge on any atom is -0.493 e. The van der Waals surface area contributed by atoms with E-state index in [0.717, 1.165) is 59.4 Å². The summed E-state index contributed by atoms with van der Waals surface area (Å²) in [6, 6.07) is 13.2. The summed E-state index contributed by atoms with van der Waals surface area (Å²) in [5.74, 6) is 1.09. The number of ketones is 2. The zero-order valence-corrected chi connectivity index (χ0v) is 19.3. The number of benzene rings is 2. The Morgan fingerprint density at radius 1 is 0.879 bits per heavy atom. The van der Waals surface area contributed by atoms with E-state index in [4.69, 9.17) is 21.1 Å². The Hall–Kier alpha value is -3.05. The number of hydrogen-bond donors (Lipinski definition) is 1. The summed E-state index contributed by atoms with van der Waals surface area (Å²) in [4.78, 5) is 26.0. The van der Waals surface area contributed by atoms with Crippen molar-refractivity contribution in [3.05, 3.63) is 81.2 Å². The predicted octanol–water partition coefficient (Wildman–Crippen LogP) is 5.63. The number of carbonyl (C=O) groups is 2. The summed E-state index contributed by atoms with van der Waals surface area (Å²) in [7, 11) is 1.60. The average molecular weight is 464 g/mol. The van der Waals surface area contributed by atoms with Gasteiger partial charge in [-0.05, 0) is 61.1 Å². The summed E-state index contributed by atoms with van der Waals surface area (Å²) in [6.07, 6.45) is 4.40. The van der Waals surface area contributed by atoms with Crippen LogP contribution in [0.25, 0.3) is 0 Å². The molecule has 0 aromatic heterocycles. The molecule has 0 saturated carbocycles. The Balaban J connectivity index is 1.50. The second-order valence-corrected chi connectivity index (χ2v) is 9.16. The Labute approximate surface area is 198 Å². The summed E-state index contributed by atoms with van der Waals surface area (Å²) in [5, 5.41) is 4.13. The molecule has 0 atom stereocenters. The van der Waals surface area contributed by atoms with Crippen LogP contribution in [0, 0.1) is 0 Å². The van der Waals surface area contributed by atoms with Crippen molar-refractivity contribution >= 4 is 23.2 Å². The van der Waals surface area contributed by atoms with Crippen LogP contribution in [0.3, 0.4) is 0 Å². The van der Waals surface area contributed by atoms with Crippen LogP contribution < -0.4 is 14.8 Å². The molecule has 33 heavy (non-hydrogen) atoms. The molecule has 3 aliphatic rings. The molecule has 1 N–H and O–H groups in total. The van der Waals surface area contributed by atoms with Crippen molar-refractivity contribution in [2.24, 2.45) is 0 Å². The third-order valence-electron chi connectivity index (χ3n) is 6.62. The first-order valence-corrected chi connectivity index (χ1v) is 11.8. The first kappa shape index (κ1) is 21.8. The molecule has 5 nitrogen and oxygen atoms in total. The van der Waals surface area contributed by atoms with E-state index in [2.05, 4.69) is 5.32 Å². The summed E-state index contributed by atoms with van der Waals surface area (Å²) in [6.45, 7) is 0.377. The maximum atomic E-state index is 13.0. The van der Waals surface area contributed by atoms with Crippen LogP contribution in [-0.2, 0) is 16.2 Å². The molecule has 0 amide bonds. The van der Waals surface area contributed by atoms with Gasteiger partial charge in [0.2, 0.25) is 0 Å². The van der Waals surface area contributed by atoms with Gasteiger partial charge in [0.1, 0.15) is 6.61 Å². The highest BCUT2D eigenvalue weighted by Crippen LogP contribution is 2.46. The van der Waals surface area contributed by atoms with Crippen LogP contribution in [0.4, 0.5) is 0 Å². The third kappa shape index (κ3) is 4.18. The Morgan fingerprint density at radius 3 is 2.12 bits per heavy atom. The maximum absolute atomic E-state index is 13.0. The van der Waals surface area contributed by atoms with Gasteiger partial charge in [0.25, 0.3) is 0 Å². The molecule has 0 saturated heterocycles. The number of allylic oxidation sites excluding steroid dienone is 4. The highest BCUT2D eigenvalue weighted by molar-refractivity contribution is 6.30. The molecule has 0 bridgehead atoms. The number of halogens is 1. The molecule has 0 radical (unpaired) electrons. The topological polar surface area (TPSA) is 64.6 Å². The van der Waals surface area contributed by atoms with Gasteiger partial charge in [0.05, 0.1) is 7.11 Å². The van der Waals surface area contributed by atoms with Gasteiger partial charge in [0.15, 0.2) is 23.1 Å². The number of dihydropyridines is 1. The highest BCUT2D eigenvalue weighted by atomic mass is 35.5. The first-order valence-electron chi connectivity index (χ1n) is 11.4. The zero-order valence-electron chi connectivity index (χ0n) is 18.6. The lowest BCUT2D eigenvalue weighted by atomic mass is 9.71. The van der Waals surface area contributed by atoms with Crippen molar-refractivity contribution in [1.29, 1.82) is 0 Å². The molecule has 0 unspecified atom stereocenters. The van der Waals surface area contributed by atoms with E-state index < -0.39 is 0 Å². The number of Topliss-reactive ketones (excluding diaryl/α,β-unsaturated/α-hetero) is 2. The molecule has 0 fully saturated rings. The van der Waals surface area contributed by atoms with Crippen LogP contribution in [0.1, 0.15) is 55.6 Å². The van der Waals surface area contributed by atoms with Gasteiger partial charge in [-0.1, -0.05) is 29.8 Å². The van der Waals surface area contributed by atoms with E-state index in [1.54, 1.807) is 7.11 Å². The molecular weight excluding hydrogens is 438 g/mol. The highest BCUT2D eigenvalue weighted by Gasteiger charge is 2.40. The molecule has 2 aromatic rings. The van der Waals surface area contributed by atoms with Gasteiger partial charge in [-0.15, -0.1) is 0 Å². The van der Waals surface area contributed by atoms with E-state index in [1.807, 2.05) is 42.5 Å². The van der Waals surface area contributed by atoms with Gasteiger partial charge in [0, 0.05) is 46.3 Å². The lowest BCUT2D eigenvalue weighted by Gasteiger charge is -2.37. The molecule has 0 spiro atoms. The fourth-order valence-corrected chi connectivity index (χ4v) is 5.17. The molecule has 2 aromatic carbocycles. The number of hydrogen-bond acceptors (Lipinski definition) is 5. The molecule has 2 aliphatic carbocycles. The number of rotatable bonds is 5. The van der Waals surface area contributed by atoms with Crippen molar-refractivity contribution in [2.75, 3.05) is 7.11 Å². The minimum atomic E-state index is -0.351. The fourth-order valence-electron chi connectivity index (χ4n) is 5.04. The van der Waals surface area contributed by atoms with Crippen molar-refractivity contribution < 1.29 is 19.1 Å². The molecule has 170 valence electrons. The number of methoxy groups -OCH3 is 1. The van der Waals surface area contributed by atoms with Gasteiger partial charge in [-0.25, -0.2) is 0 Å². The van der Waals surface area contributed by atoms with E-state index in [1.165, 1.54) is 0 Å². The predicted molar refractivity (Wildman–Crippen MR) is 126 cm³/mol. The smallest absolute Gasteiger partial charge is 0.161 e. The maximum Gasteiger partial charge on any atom is 0.161 e. The first-order chi connectivity index (χ1) is 16.0. The van der Waals surface area contributed by atoms with Crippen LogP contribution in [0.5, 0.6) is 11.5 Å². The van der Waals surface area contributed by atoms with E-state index in [0.29, 0.717) is 36.0 Å². The summed E-state index contributed by atoms with van der Waals surface area (Å²) >= 11 is 5.96. The molecule has 6 heteroatoms. The summed E-state index contributed by atoms with van der Waals surface area (Å²) in [5.41, 5.74) is 5.32. The van der Waals surface area contributed by atoms with Gasteiger partial charge < -0.3 is 14.8 Å². The van der Waals surface area contributed by atoms with Crippen molar-refractivity contribution in [3.63, 3.8) is 0 Å². The lowest BCUT2D eigenvalue weighted by molar-refractivity contribution is -0.116. The van der Waals surface area contributed by atoms with Gasteiger partial charge >= 0.3 is 0 Å². The Kier molecular flexibility index (Phi) is 5.98. The molecule has 1 heterocycles. The standard InChI is InChI=1S/C27H26ClNO4/c1-32-24-14-17(10-13-23(24)33-15-16-8-11-18(28)12-9-16)25-26-19(4-2-6-21(26)30)29-20-5-3-7-22(31)27(20)25/h8-14,25,29H,2-7,15H2,1H3. The van der Waals surface area contributed by atoms with Crippen LogP contribution >= 0.6 is 11.6 Å². The molecule has 1 aliphatic heterocycles. The number of carbonyl (C=O) groups excluding carboxylic acids is 2. The molecule has 5 rings (SSSR count). The Morgan fingerprint density at radius 2 is 1.52 bits per heavy atom. The van der Waals surface area contributed by atoms with E-state index in [-0.39, 0.29) is 17.5 Å². The van der Waals surface area contributed by atoms with Crippen molar-refractivity contribution in [1.82, 2.24) is 5.32 Å². The van der Waals surface area contributed by atoms with Gasteiger partial charge in [-0.3, -0.25) is 9.59 Å². The lowest BCUT2D eigenvalue weighted by Crippen LogP contribution is -2.36. The van der Waals surface area contributed by atoms with Crippen LogP contribution in [0.2, 0.25) is 5.02 Å². The monoisotopic (exact) mass is 463 g/mol. The number of ether oxygens (including phenoxy) is 2. The van der Waals surface area contributed by atoms with E-state index >= 15 is 0 Å². The average Bonchev–Trinajstić information content (AvgIpc) is 2.83. The van der Waals surface area contributed by atoms with Crippen molar-refractivity contribution in [3.8, 4) is 11.5 Å². The largest absolute Gasteiger partial charge is 0.493 e. The second kappa shape index (κ2) is 9.06. The fraction of sp³-hybridized carbons (Fsp3) is 0.333. The van der Waals surface area contributed by atoms with Crippen LogP contribution in [-0.4, -0.2) is 18.7 Å². The summed E-state index contributed by atoms with van der Waals surface area (Å²) < 4.78 is 11.7. The zero-order chi connectivity index (χ0) is 22.9. The van der Waals surface area contributed by atoms with E-state index in [9.17, 15) is 9.59 Å². The normalized spacial score (nSPS) is 18.6. The van der Waals surface area contributed by atoms with Crippen molar-refractivity contribution in [2.45, 2.75) is 51.0 Å². The minimum absolute atomic E-state index is 0.126. The SMILES string of the molecule is COc1cc(C2C3=C(CCCC3=O)NC3=C2C(=O)CCC3)ccc1OCc1ccc(Cl)cc1. The second-order valence-electron chi connectivity index (χ2n) is 8.72. The number of nitrogens with one attached hydrogen (secondary N) is 1. The third-order valence-corrected chi connectivity index (χ3v) is 6.87. The Bertz CT molecular complexity index is 1140. The van der Waals surface area contributed by atoms with Crippen LogP contribution in [0.15, 0.2) is 65.0 Å². The molecular formula is C27H26ClNO4. The van der Waals surface area contributed by atoms with Gasteiger partial charge in [-0.2, -0.15) is 0 Å². The quantitative estimate of drug-likeness (QED) is 0.622.